The Morgan fingerprint density at radius 1 is 1.63 bits per heavy atom. The second-order valence-corrected chi connectivity index (χ2v) is 4.85. The van der Waals surface area contributed by atoms with E-state index in [-0.39, 0.29) is 5.91 Å². The van der Waals surface area contributed by atoms with Gasteiger partial charge >= 0.3 is 5.97 Å². The van der Waals surface area contributed by atoms with Crippen LogP contribution >= 0.6 is 11.3 Å². The lowest BCUT2D eigenvalue weighted by Gasteiger charge is -2.13. The summed E-state index contributed by atoms with van der Waals surface area (Å²) in [5.74, 6) is -1.42. The first-order valence-electron chi connectivity index (χ1n) is 5.80. The van der Waals surface area contributed by atoms with Crippen molar-refractivity contribution in [3.63, 3.8) is 0 Å². The van der Waals surface area contributed by atoms with Crippen molar-refractivity contribution in [2.75, 3.05) is 7.11 Å². The number of hydrogen-bond acceptors (Lipinski definition) is 4. The quantitative estimate of drug-likeness (QED) is 0.716. The molecule has 1 unspecified atom stereocenters. The van der Waals surface area contributed by atoms with Crippen LogP contribution in [0.2, 0.25) is 0 Å². The molecule has 1 aromatic heterocycles. The monoisotopic (exact) mass is 283 g/mol. The number of nitrogens with one attached hydrogen (secondary N) is 1. The van der Waals surface area contributed by atoms with Gasteiger partial charge in [-0.2, -0.15) is 0 Å². The van der Waals surface area contributed by atoms with Crippen LogP contribution in [-0.4, -0.2) is 30.1 Å². The van der Waals surface area contributed by atoms with Crippen LogP contribution in [0.3, 0.4) is 0 Å². The van der Waals surface area contributed by atoms with Crippen molar-refractivity contribution < 1.29 is 19.4 Å². The minimum Gasteiger partial charge on any atom is -0.480 e. The standard InChI is InChI=1S/C13H17NO4S/c1-3-4-5-10(13(16)17)14-12(15)11-9(8-18-2)6-7-19-11/h3,6-7,10H,1,4-5,8H2,2H3,(H,14,15)(H,16,17). The van der Waals surface area contributed by atoms with Gasteiger partial charge in [-0.3, -0.25) is 4.79 Å². The van der Waals surface area contributed by atoms with E-state index >= 15 is 0 Å². The van der Waals surface area contributed by atoms with Gasteiger partial charge < -0.3 is 15.2 Å². The highest BCUT2D eigenvalue weighted by molar-refractivity contribution is 7.12. The number of allylic oxidation sites excluding steroid dienone is 1. The lowest BCUT2D eigenvalue weighted by molar-refractivity contribution is -0.139. The Hall–Kier alpha value is -1.66. The molecule has 0 saturated carbocycles. The van der Waals surface area contributed by atoms with Gasteiger partial charge in [0.05, 0.1) is 11.5 Å². The zero-order valence-electron chi connectivity index (χ0n) is 10.7. The summed E-state index contributed by atoms with van der Waals surface area (Å²) < 4.78 is 4.99. The molecule has 6 heteroatoms. The van der Waals surface area contributed by atoms with Crippen molar-refractivity contribution in [3.8, 4) is 0 Å². The number of carbonyl (C=O) groups is 2. The van der Waals surface area contributed by atoms with E-state index in [0.29, 0.717) is 24.3 Å². The van der Waals surface area contributed by atoms with Crippen LogP contribution in [0.1, 0.15) is 28.1 Å². The number of methoxy groups -OCH3 is 1. The molecule has 0 aromatic carbocycles. The maximum atomic E-state index is 12.0. The molecule has 1 heterocycles. The lowest BCUT2D eigenvalue weighted by Crippen LogP contribution is -2.40. The molecule has 0 bridgehead atoms. The van der Waals surface area contributed by atoms with Crippen LogP contribution in [0.5, 0.6) is 0 Å². The number of ether oxygens (including phenoxy) is 1. The van der Waals surface area contributed by atoms with Crippen LogP contribution < -0.4 is 5.32 Å². The molecule has 0 radical (unpaired) electrons. The Labute approximate surface area is 115 Å². The van der Waals surface area contributed by atoms with Crippen LogP contribution in [-0.2, 0) is 16.1 Å². The normalized spacial score (nSPS) is 11.8. The number of carbonyl (C=O) groups excluding carboxylic acids is 1. The summed E-state index contributed by atoms with van der Waals surface area (Å²) in [5, 5.41) is 13.4. The van der Waals surface area contributed by atoms with E-state index in [1.165, 1.54) is 11.3 Å². The van der Waals surface area contributed by atoms with Crippen molar-refractivity contribution in [1.29, 1.82) is 0 Å². The third kappa shape index (κ3) is 4.50. The van der Waals surface area contributed by atoms with Gasteiger partial charge in [0.25, 0.3) is 5.91 Å². The summed E-state index contributed by atoms with van der Waals surface area (Å²) in [6.45, 7) is 3.87. The van der Waals surface area contributed by atoms with Crippen LogP contribution in [0.15, 0.2) is 24.1 Å². The highest BCUT2D eigenvalue weighted by Crippen LogP contribution is 2.18. The van der Waals surface area contributed by atoms with Crippen LogP contribution in [0.25, 0.3) is 0 Å². The topological polar surface area (TPSA) is 75.6 Å². The summed E-state index contributed by atoms with van der Waals surface area (Å²) in [7, 11) is 1.55. The summed E-state index contributed by atoms with van der Waals surface area (Å²) in [4.78, 5) is 23.6. The van der Waals surface area contributed by atoms with Crippen molar-refractivity contribution in [2.24, 2.45) is 0 Å². The van der Waals surface area contributed by atoms with E-state index in [2.05, 4.69) is 11.9 Å². The number of carboxylic acid groups (broad SMARTS) is 1. The number of carboxylic acids is 1. The van der Waals surface area contributed by atoms with Gasteiger partial charge in [-0.15, -0.1) is 17.9 Å². The number of aliphatic carboxylic acids is 1. The molecule has 19 heavy (non-hydrogen) atoms. The molecule has 1 atom stereocenters. The first-order chi connectivity index (χ1) is 9.10. The Bertz CT molecular complexity index is 455. The van der Waals surface area contributed by atoms with Gasteiger partial charge in [0.1, 0.15) is 6.04 Å². The highest BCUT2D eigenvalue weighted by atomic mass is 32.1. The predicted octanol–water partition coefficient (Wildman–Crippen LogP) is 2.04. The first-order valence-corrected chi connectivity index (χ1v) is 6.68. The molecule has 1 amide bonds. The summed E-state index contributed by atoms with van der Waals surface area (Å²) >= 11 is 1.27. The zero-order chi connectivity index (χ0) is 14.3. The Morgan fingerprint density at radius 2 is 2.37 bits per heavy atom. The molecule has 0 fully saturated rings. The first kappa shape index (κ1) is 15.4. The highest BCUT2D eigenvalue weighted by Gasteiger charge is 2.21. The van der Waals surface area contributed by atoms with E-state index in [0.717, 1.165) is 5.56 Å². The molecule has 0 aliphatic rings. The van der Waals surface area contributed by atoms with Crippen molar-refractivity contribution >= 4 is 23.2 Å². The summed E-state index contributed by atoms with van der Waals surface area (Å²) in [6.07, 6.45) is 2.49. The minimum atomic E-state index is -1.04. The Balaban J connectivity index is 2.72. The molecule has 5 nitrogen and oxygen atoms in total. The SMILES string of the molecule is C=CCCC(NC(=O)c1sccc1COC)C(=O)O. The lowest BCUT2D eigenvalue weighted by atomic mass is 10.1. The molecule has 0 aliphatic heterocycles. The molecule has 104 valence electrons. The third-order valence-corrected chi connectivity index (χ3v) is 3.47. The average molecular weight is 283 g/mol. The molecule has 0 saturated heterocycles. The molecule has 2 N–H and O–H groups in total. The number of hydrogen-bond donors (Lipinski definition) is 2. The smallest absolute Gasteiger partial charge is 0.326 e. The van der Waals surface area contributed by atoms with E-state index in [1.807, 2.05) is 0 Å². The fraction of sp³-hybridized carbons (Fsp3) is 0.385. The van der Waals surface area contributed by atoms with Gasteiger partial charge in [-0.25, -0.2) is 4.79 Å². The Kier molecular flexibility index (Phi) is 6.24. The van der Waals surface area contributed by atoms with Crippen LogP contribution in [0.4, 0.5) is 0 Å². The van der Waals surface area contributed by atoms with Crippen molar-refractivity contribution in [2.45, 2.75) is 25.5 Å². The maximum absolute atomic E-state index is 12.0. The second kappa shape index (κ2) is 7.70. The van der Waals surface area contributed by atoms with E-state index in [1.54, 1.807) is 24.6 Å². The third-order valence-electron chi connectivity index (χ3n) is 2.52. The van der Waals surface area contributed by atoms with Gasteiger partial charge in [0.15, 0.2) is 0 Å². The molecule has 1 aromatic rings. The van der Waals surface area contributed by atoms with E-state index < -0.39 is 12.0 Å². The number of amides is 1. The van der Waals surface area contributed by atoms with Gasteiger partial charge in [0.2, 0.25) is 0 Å². The molecule has 0 aliphatic carbocycles. The minimum absolute atomic E-state index is 0.329. The van der Waals surface area contributed by atoms with E-state index in [4.69, 9.17) is 9.84 Å². The van der Waals surface area contributed by atoms with Crippen molar-refractivity contribution in [3.05, 3.63) is 34.5 Å². The average Bonchev–Trinajstić information content (AvgIpc) is 2.82. The second-order valence-electron chi connectivity index (χ2n) is 3.94. The molecule has 1 rings (SSSR count). The van der Waals surface area contributed by atoms with Crippen LogP contribution in [0, 0.1) is 0 Å². The van der Waals surface area contributed by atoms with Crippen molar-refractivity contribution in [1.82, 2.24) is 5.32 Å². The van der Waals surface area contributed by atoms with Gasteiger partial charge in [0, 0.05) is 12.7 Å². The summed E-state index contributed by atoms with van der Waals surface area (Å²) in [6, 6.07) is 0.894. The van der Waals surface area contributed by atoms with Gasteiger partial charge in [-0.05, 0) is 24.3 Å². The number of thiophene rings is 1. The fourth-order valence-corrected chi connectivity index (χ4v) is 2.38. The Morgan fingerprint density at radius 3 is 2.95 bits per heavy atom. The molecule has 0 spiro atoms. The van der Waals surface area contributed by atoms with E-state index in [9.17, 15) is 9.59 Å². The predicted molar refractivity (Wildman–Crippen MR) is 73.4 cm³/mol. The summed E-state index contributed by atoms with van der Waals surface area (Å²) in [5.41, 5.74) is 0.762. The molecular weight excluding hydrogens is 266 g/mol. The molecular formula is C13H17NO4S. The largest absolute Gasteiger partial charge is 0.480 e. The number of rotatable bonds is 8. The van der Waals surface area contributed by atoms with Gasteiger partial charge in [-0.1, -0.05) is 6.08 Å². The fourth-order valence-electron chi connectivity index (χ4n) is 1.57. The maximum Gasteiger partial charge on any atom is 0.326 e. The zero-order valence-corrected chi connectivity index (χ0v) is 11.5.